The maximum Gasteiger partial charge on any atom is 0.264 e. The SMILES string of the molecule is Cc1cccc(C)c1-c1cc2nc(n1)NS(=O)(=O)c1cccc(c1)C1C[C@@H](CN(C)C[C@@H]1CC(C)C)O2. The molecule has 5 rings (SSSR count). The molecule has 3 aromatic rings. The number of rotatable bonds is 3. The number of likely N-dealkylation sites (N-methyl/N-ethyl adjacent to an activating group) is 1. The molecule has 3 heterocycles. The minimum absolute atomic E-state index is 0.0114. The van der Waals surface area contributed by atoms with Gasteiger partial charge in [0.2, 0.25) is 11.8 Å². The Kier molecular flexibility index (Phi) is 6.98. The molecule has 8 heteroatoms. The predicted octanol–water partition coefficient (Wildman–Crippen LogP) is 5.40. The van der Waals surface area contributed by atoms with Gasteiger partial charge in [0, 0.05) is 24.7 Å². The highest BCUT2D eigenvalue weighted by Crippen LogP contribution is 2.39. The molecule has 1 N–H and O–H groups in total. The van der Waals surface area contributed by atoms with Crippen LogP contribution in [0.1, 0.15) is 49.3 Å². The number of aryl methyl sites for hydroxylation is 2. The smallest absolute Gasteiger partial charge is 0.264 e. The van der Waals surface area contributed by atoms with E-state index >= 15 is 0 Å². The van der Waals surface area contributed by atoms with Crippen molar-refractivity contribution in [2.45, 2.75) is 57.5 Å². The molecule has 196 valence electrons. The lowest BCUT2D eigenvalue weighted by Crippen LogP contribution is -2.32. The van der Waals surface area contributed by atoms with Crippen LogP contribution in [0.3, 0.4) is 0 Å². The predicted molar refractivity (Wildman–Crippen MR) is 146 cm³/mol. The van der Waals surface area contributed by atoms with Crippen LogP contribution in [0.4, 0.5) is 5.95 Å². The maximum absolute atomic E-state index is 13.5. The summed E-state index contributed by atoms with van der Waals surface area (Å²) in [5.41, 5.74) is 4.74. The number of aromatic nitrogens is 2. The number of benzene rings is 2. The van der Waals surface area contributed by atoms with Crippen molar-refractivity contribution in [3.8, 4) is 17.1 Å². The van der Waals surface area contributed by atoms with E-state index in [0.717, 1.165) is 48.2 Å². The third kappa shape index (κ3) is 5.50. The van der Waals surface area contributed by atoms with Gasteiger partial charge in [0.15, 0.2) is 0 Å². The number of nitrogens with zero attached hydrogens (tertiary/aromatic N) is 3. The fraction of sp³-hybridized carbons (Fsp3) is 0.448. The zero-order chi connectivity index (χ0) is 26.3. The topological polar surface area (TPSA) is 84.4 Å². The molecule has 1 unspecified atom stereocenters. The lowest BCUT2D eigenvalue weighted by molar-refractivity contribution is 0.147. The van der Waals surface area contributed by atoms with Gasteiger partial charge in [-0.25, -0.2) is 18.1 Å². The molecule has 0 amide bonds. The largest absolute Gasteiger partial charge is 0.473 e. The van der Waals surface area contributed by atoms with Gasteiger partial charge in [-0.05, 0) is 80.3 Å². The number of nitrogens with one attached hydrogen (secondary N) is 1. The van der Waals surface area contributed by atoms with Gasteiger partial charge in [0.25, 0.3) is 10.0 Å². The first-order chi connectivity index (χ1) is 17.6. The van der Waals surface area contributed by atoms with Gasteiger partial charge in [0.05, 0.1) is 10.6 Å². The van der Waals surface area contributed by atoms with Crippen molar-refractivity contribution in [3.63, 3.8) is 0 Å². The maximum atomic E-state index is 13.5. The second-order valence-corrected chi connectivity index (χ2v) is 12.7. The summed E-state index contributed by atoms with van der Waals surface area (Å²) in [4.78, 5) is 11.7. The van der Waals surface area contributed by atoms with Gasteiger partial charge in [-0.3, -0.25) is 0 Å². The molecule has 2 aromatic carbocycles. The molecule has 1 fully saturated rings. The normalized spacial score (nSPS) is 23.2. The fourth-order valence-corrected chi connectivity index (χ4v) is 6.98. The molecule has 0 radical (unpaired) electrons. The number of hydrogen-bond acceptors (Lipinski definition) is 6. The number of hydrogen-bond donors (Lipinski definition) is 1. The Morgan fingerprint density at radius 3 is 2.51 bits per heavy atom. The Morgan fingerprint density at radius 1 is 1.05 bits per heavy atom. The van der Waals surface area contributed by atoms with E-state index in [1.54, 1.807) is 6.07 Å². The lowest BCUT2D eigenvalue weighted by Gasteiger charge is -2.29. The van der Waals surface area contributed by atoms with Crippen LogP contribution in [0.25, 0.3) is 11.3 Å². The Labute approximate surface area is 220 Å². The van der Waals surface area contributed by atoms with Crippen molar-refractivity contribution < 1.29 is 13.2 Å². The Hall–Kier alpha value is -2.97. The second kappa shape index (κ2) is 10.1. The minimum atomic E-state index is -3.89. The Balaban J connectivity index is 1.67. The van der Waals surface area contributed by atoms with E-state index in [-0.39, 0.29) is 22.9 Å². The van der Waals surface area contributed by atoms with Crippen LogP contribution in [0.15, 0.2) is 53.4 Å². The van der Waals surface area contributed by atoms with Crippen LogP contribution in [0, 0.1) is 25.7 Å². The molecule has 0 spiro atoms. The van der Waals surface area contributed by atoms with E-state index in [9.17, 15) is 8.42 Å². The lowest BCUT2D eigenvalue weighted by atomic mass is 9.79. The third-order valence-corrected chi connectivity index (χ3v) is 8.80. The van der Waals surface area contributed by atoms with E-state index < -0.39 is 10.0 Å². The van der Waals surface area contributed by atoms with E-state index in [0.29, 0.717) is 23.4 Å². The first-order valence-electron chi connectivity index (χ1n) is 13.0. The molecule has 1 aromatic heterocycles. The molecular weight excluding hydrogens is 484 g/mol. The zero-order valence-corrected chi connectivity index (χ0v) is 23.0. The van der Waals surface area contributed by atoms with Crippen molar-refractivity contribution in [1.29, 1.82) is 0 Å². The Morgan fingerprint density at radius 2 is 1.78 bits per heavy atom. The fourth-order valence-electron chi connectivity index (χ4n) is 5.98. The molecule has 6 bridgehead atoms. The molecule has 3 atom stereocenters. The molecule has 1 saturated heterocycles. The average molecular weight is 521 g/mol. The van der Waals surface area contributed by atoms with E-state index in [2.05, 4.69) is 46.6 Å². The van der Waals surface area contributed by atoms with Crippen molar-refractivity contribution in [1.82, 2.24) is 14.9 Å². The molecule has 0 saturated carbocycles. The molecule has 0 aliphatic carbocycles. The molecule has 2 aliphatic rings. The summed E-state index contributed by atoms with van der Waals surface area (Å²) in [5.74, 6) is 1.49. The summed E-state index contributed by atoms with van der Waals surface area (Å²) in [6, 6.07) is 15.2. The molecular formula is C29H36N4O3S. The van der Waals surface area contributed by atoms with E-state index in [1.165, 1.54) is 0 Å². The van der Waals surface area contributed by atoms with Gasteiger partial charge in [-0.1, -0.05) is 44.2 Å². The molecule has 2 aliphatic heterocycles. The number of anilines is 1. The monoisotopic (exact) mass is 520 g/mol. The van der Waals surface area contributed by atoms with Crippen LogP contribution in [-0.4, -0.2) is 49.5 Å². The van der Waals surface area contributed by atoms with E-state index in [1.807, 2.05) is 50.2 Å². The highest BCUT2D eigenvalue weighted by molar-refractivity contribution is 7.92. The molecule has 7 nitrogen and oxygen atoms in total. The highest BCUT2D eigenvalue weighted by Gasteiger charge is 2.34. The summed E-state index contributed by atoms with van der Waals surface area (Å²) < 4.78 is 36.1. The highest BCUT2D eigenvalue weighted by atomic mass is 32.2. The summed E-state index contributed by atoms with van der Waals surface area (Å²) in [6.07, 6.45) is 1.75. The van der Waals surface area contributed by atoms with Gasteiger partial charge in [-0.15, -0.1) is 0 Å². The minimum Gasteiger partial charge on any atom is -0.473 e. The second-order valence-electron chi connectivity index (χ2n) is 11.1. The first-order valence-corrected chi connectivity index (χ1v) is 14.5. The van der Waals surface area contributed by atoms with Crippen LogP contribution >= 0.6 is 0 Å². The first kappa shape index (κ1) is 25.7. The third-order valence-electron chi connectivity index (χ3n) is 7.47. The van der Waals surface area contributed by atoms with Crippen molar-refractivity contribution >= 4 is 16.0 Å². The Bertz CT molecular complexity index is 1390. The van der Waals surface area contributed by atoms with Crippen molar-refractivity contribution in [3.05, 3.63) is 65.2 Å². The summed E-state index contributed by atoms with van der Waals surface area (Å²) in [6.45, 7) is 10.2. The van der Waals surface area contributed by atoms with Crippen LogP contribution in [0.5, 0.6) is 5.88 Å². The summed E-state index contributed by atoms with van der Waals surface area (Å²) in [5, 5.41) is 0. The van der Waals surface area contributed by atoms with Crippen LogP contribution in [0.2, 0.25) is 0 Å². The average Bonchev–Trinajstić information content (AvgIpc) is 2.95. The van der Waals surface area contributed by atoms with Gasteiger partial charge < -0.3 is 9.64 Å². The standard InChI is InChI=1S/C29H36N4O3S/c1-18(2)12-22-16-33(5)17-23-14-25(22)21-10-7-11-24(13-21)37(34,35)32-29-30-26(15-27(31-29)36-23)28-19(3)8-6-9-20(28)4/h6-11,13,15,18,22-23,25H,12,14,16-17H2,1-5H3,(H,30,31,32)/t22-,23-,25?/m0/s1. The van der Waals surface area contributed by atoms with Gasteiger partial charge in [0.1, 0.15) is 6.10 Å². The summed E-state index contributed by atoms with van der Waals surface area (Å²) in [7, 11) is -1.76. The number of likely N-dealkylation sites (tertiary alicyclic amines) is 1. The van der Waals surface area contributed by atoms with Crippen molar-refractivity contribution in [2.24, 2.45) is 11.8 Å². The number of ether oxygens (including phenoxy) is 1. The number of sulfonamides is 1. The van der Waals surface area contributed by atoms with Crippen molar-refractivity contribution in [2.75, 3.05) is 24.9 Å². The zero-order valence-electron chi connectivity index (χ0n) is 22.2. The summed E-state index contributed by atoms with van der Waals surface area (Å²) >= 11 is 0. The van der Waals surface area contributed by atoms with Gasteiger partial charge in [-0.2, -0.15) is 4.98 Å². The molecule has 37 heavy (non-hydrogen) atoms. The van der Waals surface area contributed by atoms with Crippen LogP contribution < -0.4 is 9.46 Å². The van der Waals surface area contributed by atoms with Crippen LogP contribution in [-0.2, 0) is 10.0 Å². The van der Waals surface area contributed by atoms with Gasteiger partial charge >= 0.3 is 0 Å². The quantitative estimate of drug-likeness (QED) is 0.498. The van der Waals surface area contributed by atoms with E-state index in [4.69, 9.17) is 4.74 Å². The number of fused-ring (bicyclic) bond motifs is 7.